The molecule has 3 aromatic rings. The second-order valence-corrected chi connectivity index (χ2v) is 7.42. The Balaban J connectivity index is 1.34. The van der Waals surface area contributed by atoms with Crippen molar-refractivity contribution in [3.05, 3.63) is 46.9 Å². The van der Waals surface area contributed by atoms with Gasteiger partial charge in [0.15, 0.2) is 0 Å². The average Bonchev–Trinajstić information content (AvgIpc) is 3.38. The van der Waals surface area contributed by atoms with Crippen molar-refractivity contribution < 1.29 is 9.32 Å². The summed E-state index contributed by atoms with van der Waals surface area (Å²) in [7, 11) is 1.93. The molecule has 1 saturated heterocycles. The molecule has 1 aliphatic rings. The van der Waals surface area contributed by atoms with Gasteiger partial charge in [-0.3, -0.25) is 9.69 Å². The van der Waals surface area contributed by atoms with Gasteiger partial charge in [0.2, 0.25) is 11.7 Å². The Labute approximate surface area is 155 Å². The van der Waals surface area contributed by atoms with Crippen molar-refractivity contribution in [2.24, 2.45) is 7.05 Å². The van der Waals surface area contributed by atoms with Crippen LogP contribution in [0.5, 0.6) is 0 Å². The van der Waals surface area contributed by atoms with E-state index in [9.17, 15) is 4.79 Å². The van der Waals surface area contributed by atoms with Crippen LogP contribution in [0.25, 0.3) is 10.7 Å². The summed E-state index contributed by atoms with van der Waals surface area (Å²) >= 11 is 1.59. The van der Waals surface area contributed by atoms with Crippen LogP contribution in [0, 0.1) is 6.92 Å². The molecule has 0 spiro atoms. The predicted molar refractivity (Wildman–Crippen MR) is 98.9 cm³/mol. The van der Waals surface area contributed by atoms with Crippen LogP contribution in [0.3, 0.4) is 0 Å². The van der Waals surface area contributed by atoms with Crippen molar-refractivity contribution in [1.82, 2.24) is 24.5 Å². The largest absolute Gasteiger partial charge is 0.344 e. The quantitative estimate of drug-likeness (QED) is 0.704. The van der Waals surface area contributed by atoms with Crippen LogP contribution in [0.2, 0.25) is 0 Å². The fourth-order valence-electron chi connectivity index (χ4n) is 3.12. The van der Waals surface area contributed by atoms with E-state index < -0.39 is 0 Å². The summed E-state index contributed by atoms with van der Waals surface area (Å²) in [6.07, 6.45) is 0. The molecule has 0 radical (unpaired) electrons. The summed E-state index contributed by atoms with van der Waals surface area (Å²) in [6, 6.07) is 7.83. The Kier molecular flexibility index (Phi) is 4.60. The monoisotopic (exact) mass is 371 g/mol. The Morgan fingerprint density at radius 3 is 2.69 bits per heavy atom. The Morgan fingerprint density at radius 1 is 1.23 bits per heavy atom. The minimum Gasteiger partial charge on any atom is -0.344 e. The lowest BCUT2D eigenvalue weighted by Gasteiger charge is -2.34. The van der Waals surface area contributed by atoms with E-state index >= 15 is 0 Å². The molecule has 0 saturated carbocycles. The number of carbonyl (C=O) groups excluding carboxylic acids is 1. The summed E-state index contributed by atoms with van der Waals surface area (Å²) in [6.45, 7) is 5.62. The summed E-state index contributed by atoms with van der Waals surface area (Å²) in [4.78, 5) is 22.3. The Morgan fingerprint density at radius 2 is 2.04 bits per heavy atom. The highest BCUT2D eigenvalue weighted by molar-refractivity contribution is 7.13. The van der Waals surface area contributed by atoms with Crippen molar-refractivity contribution >= 4 is 17.2 Å². The number of hydrogen-bond donors (Lipinski definition) is 0. The second kappa shape index (κ2) is 7.05. The molecule has 1 fully saturated rings. The lowest BCUT2D eigenvalue weighted by atomic mass is 10.2. The van der Waals surface area contributed by atoms with Gasteiger partial charge in [-0.05, 0) is 30.5 Å². The molecule has 4 rings (SSSR count). The minimum atomic E-state index is 0.0954. The van der Waals surface area contributed by atoms with Gasteiger partial charge in [0.25, 0.3) is 5.91 Å². The van der Waals surface area contributed by atoms with E-state index in [1.165, 1.54) is 0 Å². The molecule has 0 atom stereocenters. The van der Waals surface area contributed by atoms with Crippen molar-refractivity contribution in [2.45, 2.75) is 13.5 Å². The van der Waals surface area contributed by atoms with E-state index in [1.54, 1.807) is 11.3 Å². The zero-order valence-corrected chi connectivity index (χ0v) is 15.7. The van der Waals surface area contributed by atoms with Gasteiger partial charge < -0.3 is 14.0 Å². The molecule has 0 bridgehead atoms. The molecular formula is C18H21N5O2S. The van der Waals surface area contributed by atoms with Crippen LogP contribution in [-0.2, 0) is 13.6 Å². The van der Waals surface area contributed by atoms with E-state index in [0.717, 1.165) is 29.4 Å². The molecule has 8 heteroatoms. The van der Waals surface area contributed by atoms with Crippen molar-refractivity contribution in [3.8, 4) is 10.7 Å². The van der Waals surface area contributed by atoms with Crippen LogP contribution < -0.4 is 0 Å². The molecule has 0 unspecified atom stereocenters. The first-order valence-corrected chi connectivity index (χ1v) is 9.50. The third-order valence-corrected chi connectivity index (χ3v) is 5.69. The number of thiophene rings is 1. The summed E-state index contributed by atoms with van der Waals surface area (Å²) < 4.78 is 7.32. The molecule has 4 heterocycles. The number of hydrogen-bond acceptors (Lipinski definition) is 6. The minimum absolute atomic E-state index is 0.0954. The highest BCUT2D eigenvalue weighted by Gasteiger charge is 2.25. The first kappa shape index (κ1) is 17.0. The molecule has 0 aromatic carbocycles. The fraction of sp³-hybridized carbons (Fsp3) is 0.389. The van der Waals surface area contributed by atoms with Gasteiger partial charge in [-0.1, -0.05) is 11.2 Å². The third-order valence-electron chi connectivity index (χ3n) is 4.82. The predicted octanol–water partition coefficient (Wildman–Crippen LogP) is 2.40. The maximum atomic E-state index is 12.7. The van der Waals surface area contributed by atoms with E-state index in [-0.39, 0.29) is 5.91 Å². The molecule has 1 amide bonds. The lowest BCUT2D eigenvalue weighted by molar-refractivity contribution is 0.0605. The summed E-state index contributed by atoms with van der Waals surface area (Å²) in [5.41, 5.74) is 1.83. The van der Waals surface area contributed by atoms with Crippen LogP contribution in [0.15, 0.2) is 34.2 Å². The molecule has 136 valence electrons. The van der Waals surface area contributed by atoms with Gasteiger partial charge in [-0.15, -0.1) is 11.3 Å². The molecule has 0 aliphatic carbocycles. The normalized spacial score (nSPS) is 15.5. The van der Waals surface area contributed by atoms with Crippen molar-refractivity contribution in [1.29, 1.82) is 0 Å². The maximum Gasteiger partial charge on any atom is 0.270 e. The van der Waals surface area contributed by atoms with Gasteiger partial charge in [0.05, 0.1) is 11.4 Å². The number of nitrogens with zero attached hydrogens (tertiary/aromatic N) is 5. The first-order valence-electron chi connectivity index (χ1n) is 8.62. The molecule has 26 heavy (non-hydrogen) atoms. The molecule has 7 nitrogen and oxygen atoms in total. The van der Waals surface area contributed by atoms with E-state index in [2.05, 4.69) is 15.0 Å². The molecule has 0 N–H and O–H groups in total. The SMILES string of the molecule is Cc1ccc(C(=O)N2CCN(Cc3nc(-c4cccs4)no3)CC2)n1C. The van der Waals surface area contributed by atoms with Gasteiger partial charge >= 0.3 is 0 Å². The lowest BCUT2D eigenvalue weighted by Crippen LogP contribution is -2.48. The fourth-order valence-corrected chi connectivity index (χ4v) is 3.76. The molecular weight excluding hydrogens is 350 g/mol. The number of rotatable bonds is 4. The second-order valence-electron chi connectivity index (χ2n) is 6.48. The Hall–Kier alpha value is -2.45. The van der Waals surface area contributed by atoms with Crippen molar-refractivity contribution in [3.63, 3.8) is 0 Å². The third kappa shape index (κ3) is 3.30. The summed E-state index contributed by atoms with van der Waals surface area (Å²) in [5, 5.41) is 6.05. The number of aryl methyl sites for hydroxylation is 1. The average molecular weight is 371 g/mol. The standard InChI is InChI=1S/C18H21N5O2S/c1-13-5-6-14(21(13)2)18(24)23-9-7-22(8-10-23)12-16-19-17(20-25-16)15-4-3-11-26-15/h3-6,11H,7-10,12H2,1-2H3. The van der Waals surface area contributed by atoms with Gasteiger partial charge in [-0.2, -0.15) is 4.98 Å². The van der Waals surface area contributed by atoms with Crippen molar-refractivity contribution in [2.75, 3.05) is 26.2 Å². The number of amides is 1. The van der Waals surface area contributed by atoms with Crippen LogP contribution in [-0.4, -0.2) is 56.6 Å². The van der Waals surface area contributed by atoms with Gasteiger partial charge in [0, 0.05) is 38.9 Å². The van der Waals surface area contributed by atoms with Gasteiger partial charge in [0.1, 0.15) is 5.69 Å². The van der Waals surface area contributed by atoms with Gasteiger partial charge in [-0.25, -0.2) is 0 Å². The highest BCUT2D eigenvalue weighted by Crippen LogP contribution is 2.22. The smallest absolute Gasteiger partial charge is 0.270 e. The van der Waals surface area contributed by atoms with Crippen LogP contribution in [0.1, 0.15) is 22.1 Å². The first-order chi connectivity index (χ1) is 12.6. The van der Waals surface area contributed by atoms with Crippen LogP contribution >= 0.6 is 11.3 Å². The Bertz CT molecular complexity index is 891. The zero-order valence-electron chi connectivity index (χ0n) is 14.9. The van der Waals surface area contributed by atoms with E-state index in [4.69, 9.17) is 4.52 Å². The van der Waals surface area contributed by atoms with Crippen LogP contribution in [0.4, 0.5) is 0 Å². The summed E-state index contributed by atoms with van der Waals surface area (Å²) in [5.74, 6) is 1.35. The topological polar surface area (TPSA) is 67.4 Å². The number of aromatic nitrogens is 3. The number of carbonyl (C=O) groups is 1. The zero-order chi connectivity index (χ0) is 18.1. The molecule has 3 aromatic heterocycles. The van der Waals surface area contributed by atoms with E-state index in [1.807, 2.05) is 53.1 Å². The maximum absolute atomic E-state index is 12.7. The molecule has 1 aliphatic heterocycles. The highest BCUT2D eigenvalue weighted by atomic mass is 32.1. The number of piperazine rings is 1. The van der Waals surface area contributed by atoms with E-state index in [0.29, 0.717) is 31.3 Å².